The van der Waals surface area contributed by atoms with Gasteiger partial charge in [0.2, 0.25) is 0 Å². The fraction of sp³-hybridized carbons (Fsp3) is 0.158. The zero-order chi connectivity index (χ0) is 18.4. The van der Waals surface area contributed by atoms with Crippen LogP contribution in [0, 0.1) is 5.82 Å². The van der Waals surface area contributed by atoms with Gasteiger partial charge in [-0.25, -0.2) is 4.39 Å². The van der Waals surface area contributed by atoms with Crippen LogP contribution in [-0.4, -0.2) is 21.4 Å². The summed E-state index contributed by atoms with van der Waals surface area (Å²) in [5.41, 5.74) is 1.83. The Bertz CT molecular complexity index is 882. The Hall–Kier alpha value is -2.25. The van der Waals surface area contributed by atoms with Crippen molar-refractivity contribution in [3.63, 3.8) is 0 Å². The van der Waals surface area contributed by atoms with Crippen molar-refractivity contribution in [1.82, 2.24) is 15.1 Å². The van der Waals surface area contributed by atoms with Gasteiger partial charge in [-0.3, -0.25) is 4.68 Å². The number of nitrogens with zero attached hydrogens (tertiary/aromatic N) is 2. The molecule has 3 aromatic rings. The summed E-state index contributed by atoms with van der Waals surface area (Å²) in [5.74, 6) is 0.352. The maximum Gasteiger partial charge on any atom is 0.172 e. The lowest BCUT2D eigenvalue weighted by atomic mass is 10.1. The van der Waals surface area contributed by atoms with Gasteiger partial charge in [0.25, 0.3) is 0 Å². The number of aromatic nitrogens is 2. The molecule has 7 heteroatoms. The number of hydrogen-bond acceptors (Lipinski definition) is 2. The number of rotatable bonds is 6. The van der Waals surface area contributed by atoms with Crippen molar-refractivity contribution in [2.45, 2.75) is 13.0 Å². The van der Waals surface area contributed by atoms with E-state index in [-0.39, 0.29) is 5.82 Å². The molecule has 2 aromatic carbocycles. The molecule has 0 fully saturated rings. The van der Waals surface area contributed by atoms with Gasteiger partial charge in [-0.1, -0.05) is 48.5 Å². The monoisotopic (exact) mass is 432 g/mol. The van der Waals surface area contributed by atoms with Gasteiger partial charge in [0.15, 0.2) is 10.9 Å². The van der Waals surface area contributed by atoms with Crippen LogP contribution in [-0.2, 0) is 13.0 Å². The second-order valence-corrected chi connectivity index (χ2v) is 6.99. The number of thiocarbonyl (C=S) groups is 1. The van der Waals surface area contributed by atoms with Crippen molar-refractivity contribution in [1.29, 1.82) is 0 Å². The minimum atomic E-state index is -0.244. The van der Waals surface area contributed by atoms with Crippen LogP contribution in [0.25, 0.3) is 0 Å². The zero-order valence-electron chi connectivity index (χ0n) is 14.0. The van der Waals surface area contributed by atoms with Crippen molar-refractivity contribution in [2.24, 2.45) is 0 Å². The second-order valence-electron chi connectivity index (χ2n) is 5.73. The Morgan fingerprint density at radius 3 is 2.62 bits per heavy atom. The molecule has 1 heterocycles. The van der Waals surface area contributed by atoms with E-state index in [1.807, 2.05) is 24.3 Å². The summed E-state index contributed by atoms with van der Waals surface area (Å²) >= 11 is 8.77. The molecular weight excluding hydrogens is 415 g/mol. The lowest BCUT2D eigenvalue weighted by Gasteiger charge is -2.09. The van der Waals surface area contributed by atoms with Crippen molar-refractivity contribution in [2.75, 3.05) is 11.9 Å². The second kappa shape index (κ2) is 8.91. The first-order valence-corrected chi connectivity index (χ1v) is 9.37. The molecule has 0 bridgehead atoms. The minimum absolute atomic E-state index is 0.244. The summed E-state index contributed by atoms with van der Waals surface area (Å²) in [5, 5.41) is 11.1. The summed E-state index contributed by atoms with van der Waals surface area (Å²) in [4.78, 5) is 0. The molecular formula is C19H18BrFN4S. The molecule has 0 spiro atoms. The highest BCUT2D eigenvalue weighted by Crippen LogP contribution is 2.21. The summed E-state index contributed by atoms with van der Waals surface area (Å²) in [6.07, 6.45) is 2.67. The number of benzene rings is 2. The van der Waals surface area contributed by atoms with E-state index in [9.17, 15) is 4.39 Å². The molecule has 134 valence electrons. The number of anilines is 1. The van der Waals surface area contributed by atoms with Crippen LogP contribution in [0.1, 0.15) is 11.1 Å². The van der Waals surface area contributed by atoms with Gasteiger partial charge in [0.05, 0.1) is 11.0 Å². The summed E-state index contributed by atoms with van der Waals surface area (Å²) in [7, 11) is 0. The highest BCUT2D eigenvalue weighted by atomic mass is 79.9. The first-order chi connectivity index (χ1) is 12.6. The highest BCUT2D eigenvalue weighted by molar-refractivity contribution is 9.10. The van der Waals surface area contributed by atoms with E-state index >= 15 is 0 Å². The normalized spacial score (nSPS) is 10.5. The van der Waals surface area contributed by atoms with E-state index in [4.69, 9.17) is 12.2 Å². The molecule has 0 saturated carbocycles. The van der Waals surface area contributed by atoms with Gasteiger partial charge in [0.1, 0.15) is 5.82 Å². The molecule has 1 aromatic heterocycles. The predicted molar refractivity (Wildman–Crippen MR) is 110 cm³/mol. The summed E-state index contributed by atoms with van der Waals surface area (Å²) in [6.45, 7) is 1.07. The number of nitrogens with one attached hydrogen (secondary N) is 2. The quantitative estimate of drug-likeness (QED) is 0.567. The van der Waals surface area contributed by atoms with Crippen LogP contribution < -0.4 is 10.6 Å². The van der Waals surface area contributed by atoms with Crippen LogP contribution in [0.5, 0.6) is 0 Å². The zero-order valence-corrected chi connectivity index (χ0v) is 16.4. The molecule has 3 rings (SSSR count). The Labute approximate surface area is 165 Å². The summed E-state index contributed by atoms with van der Waals surface area (Å²) < 4.78 is 16.2. The van der Waals surface area contributed by atoms with Crippen LogP contribution in [0.2, 0.25) is 0 Å². The third-order valence-corrected chi connectivity index (χ3v) is 4.61. The third kappa shape index (κ3) is 5.12. The maximum atomic E-state index is 13.8. The molecule has 4 nitrogen and oxygen atoms in total. The first kappa shape index (κ1) is 18.5. The smallest absolute Gasteiger partial charge is 0.172 e. The molecule has 0 atom stereocenters. The molecule has 26 heavy (non-hydrogen) atoms. The van der Waals surface area contributed by atoms with Crippen molar-refractivity contribution < 1.29 is 4.39 Å². The predicted octanol–water partition coefficient (Wildman–Crippen LogP) is 4.36. The Balaban J connectivity index is 1.54. The minimum Gasteiger partial charge on any atom is -0.362 e. The van der Waals surface area contributed by atoms with Crippen LogP contribution in [0.15, 0.2) is 65.3 Å². The van der Waals surface area contributed by atoms with Gasteiger partial charge < -0.3 is 10.6 Å². The average molecular weight is 433 g/mol. The first-order valence-electron chi connectivity index (χ1n) is 8.17. The largest absolute Gasteiger partial charge is 0.362 e. The molecule has 0 amide bonds. The Kier molecular flexibility index (Phi) is 6.35. The standard InChI is InChI=1S/C19H18BrFN4S/c20-16-13-25(12-15-8-4-5-9-17(15)21)24-18(16)23-19(26)22-11-10-14-6-2-1-3-7-14/h1-9,13H,10-12H2,(H2,22,23,24,26). The fourth-order valence-corrected chi connectivity index (χ4v) is 3.09. The van der Waals surface area contributed by atoms with Gasteiger partial charge in [-0.05, 0) is 46.2 Å². The molecule has 2 N–H and O–H groups in total. The number of halogens is 2. The van der Waals surface area contributed by atoms with Crippen molar-refractivity contribution >= 4 is 39.1 Å². The molecule has 0 radical (unpaired) electrons. The molecule has 0 aliphatic rings. The molecule has 0 saturated heterocycles. The molecule has 0 aliphatic heterocycles. The Morgan fingerprint density at radius 1 is 1.12 bits per heavy atom. The number of hydrogen-bond donors (Lipinski definition) is 2. The maximum absolute atomic E-state index is 13.8. The van der Waals surface area contributed by atoms with Crippen LogP contribution in [0.4, 0.5) is 10.2 Å². The Morgan fingerprint density at radius 2 is 1.85 bits per heavy atom. The third-order valence-electron chi connectivity index (χ3n) is 3.78. The van der Waals surface area contributed by atoms with Gasteiger partial charge in [-0.2, -0.15) is 5.10 Å². The molecule has 0 unspecified atom stereocenters. The van der Waals surface area contributed by atoms with Crippen molar-refractivity contribution in [3.05, 3.63) is 82.2 Å². The average Bonchev–Trinajstić information content (AvgIpc) is 2.97. The van der Waals surface area contributed by atoms with E-state index in [2.05, 4.69) is 43.8 Å². The van der Waals surface area contributed by atoms with Gasteiger partial charge in [0, 0.05) is 18.3 Å². The van der Waals surface area contributed by atoms with Crippen LogP contribution >= 0.6 is 28.1 Å². The summed E-state index contributed by atoms with van der Waals surface area (Å²) in [6, 6.07) is 16.9. The van der Waals surface area contributed by atoms with E-state index in [1.54, 1.807) is 23.0 Å². The van der Waals surface area contributed by atoms with Gasteiger partial charge in [-0.15, -0.1) is 0 Å². The van der Waals surface area contributed by atoms with Crippen LogP contribution in [0.3, 0.4) is 0 Å². The molecule has 0 aliphatic carbocycles. The highest BCUT2D eigenvalue weighted by Gasteiger charge is 2.10. The SMILES string of the molecule is Fc1ccccc1Cn1cc(Br)c(NC(=S)NCCc2ccccc2)n1. The fourth-order valence-electron chi connectivity index (χ4n) is 2.48. The van der Waals surface area contributed by atoms with E-state index in [1.165, 1.54) is 11.6 Å². The lowest BCUT2D eigenvalue weighted by Crippen LogP contribution is -2.30. The van der Waals surface area contributed by atoms with E-state index in [0.717, 1.165) is 17.4 Å². The topological polar surface area (TPSA) is 41.9 Å². The van der Waals surface area contributed by atoms with Crippen molar-refractivity contribution in [3.8, 4) is 0 Å². The lowest BCUT2D eigenvalue weighted by molar-refractivity contribution is 0.585. The van der Waals surface area contributed by atoms with E-state index < -0.39 is 0 Å². The van der Waals surface area contributed by atoms with E-state index in [0.29, 0.717) is 23.0 Å². The van der Waals surface area contributed by atoms with Gasteiger partial charge >= 0.3 is 0 Å².